The van der Waals surface area contributed by atoms with Crippen LogP contribution >= 0.6 is 0 Å². The molecule has 114 valence electrons. The van der Waals surface area contributed by atoms with Crippen molar-refractivity contribution in [1.29, 1.82) is 0 Å². The van der Waals surface area contributed by atoms with Gasteiger partial charge in [-0.15, -0.1) is 0 Å². The Labute approximate surface area is 114 Å². The summed E-state index contributed by atoms with van der Waals surface area (Å²) < 4.78 is 53.9. The summed E-state index contributed by atoms with van der Waals surface area (Å²) in [5.41, 5.74) is 0.319. The van der Waals surface area contributed by atoms with Gasteiger partial charge in [0.1, 0.15) is 0 Å². The number of ether oxygens (including phenoxy) is 1. The SMILES string of the molecule is CC(C)(C)NCc1cncc(OCC(F)(F)C(F)F)n1. The lowest BCUT2D eigenvalue weighted by molar-refractivity contribution is -0.148. The van der Waals surface area contributed by atoms with Gasteiger partial charge >= 0.3 is 12.3 Å². The predicted molar refractivity (Wildman–Crippen MR) is 65.1 cm³/mol. The Morgan fingerprint density at radius 2 is 1.90 bits per heavy atom. The van der Waals surface area contributed by atoms with Gasteiger partial charge in [0, 0.05) is 18.3 Å². The zero-order valence-corrected chi connectivity index (χ0v) is 11.5. The van der Waals surface area contributed by atoms with Crippen molar-refractivity contribution < 1.29 is 22.3 Å². The number of rotatable bonds is 6. The van der Waals surface area contributed by atoms with E-state index in [1.807, 2.05) is 20.8 Å². The Morgan fingerprint density at radius 3 is 2.45 bits per heavy atom. The number of hydrogen-bond acceptors (Lipinski definition) is 4. The van der Waals surface area contributed by atoms with Crippen molar-refractivity contribution in [2.45, 2.75) is 45.2 Å². The maximum atomic E-state index is 12.7. The van der Waals surface area contributed by atoms with Crippen LogP contribution in [0.4, 0.5) is 17.6 Å². The van der Waals surface area contributed by atoms with Crippen LogP contribution in [0.2, 0.25) is 0 Å². The van der Waals surface area contributed by atoms with Crippen LogP contribution in [-0.2, 0) is 6.54 Å². The normalized spacial score (nSPS) is 12.8. The molecule has 1 aromatic heterocycles. The Bertz CT molecular complexity index is 435. The second kappa shape index (κ2) is 6.34. The van der Waals surface area contributed by atoms with Crippen LogP contribution in [0.1, 0.15) is 26.5 Å². The Hall–Kier alpha value is -1.44. The maximum Gasteiger partial charge on any atom is 0.340 e. The van der Waals surface area contributed by atoms with Gasteiger partial charge in [0.2, 0.25) is 5.88 Å². The van der Waals surface area contributed by atoms with Gasteiger partial charge in [-0.2, -0.15) is 8.78 Å². The summed E-state index contributed by atoms with van der Waals surface area (Å²) in [5, 5.41) is 3.13. The Balaban J connectivity index is 2.60. The Kier molecular flexibility index (Phi) is 5.27. The van der Waals surface area contributed by atoms with Crippen molar-refractivity contribution in [3.05, 3.63) is 18.1 Å². The molecule has 0 aromatic carbocycles. The first-order valence-electron chi connectivity index (χ1n) is 5.95. The molecular weight excluding hydrogens is 278 g/mol. The van der Waals surface area contributed by atoms with Crippen molar-refractivity contribution in [2.75, 3.05) is 6.61 Å². The molecule has 0 spiro atoms. The quantitative estimate of drug-likeness (QED) is 0.820. The van der Waals surface area contributed by atoms with E-state index in [2.05, 4.69) is 20.0 Å². The number of nitrogens with zero attached hydrogens (tertiary/aromatic N) is 2. The van der Waals surface area contributed by atoms with E-state index < -0.39 is 19.0 Å². The van der Waals surface area contributed by atoms with E-state index in [1.54, 1.807) is 0 Å². The third-order valence-corrected chi connectivity index (χ3v) is 2.19. The number of halogens is 4. The van der Waals surface area contributed by atoms with E-state index in [1.165, 1.54) is 6.20 Å². The van der Waals surface area contributed by atoms with E-state index in [0.717, 1.165) is 6.20 Å². The molecule has 20 heavy (non-hydrogen) atoms. The highest BCUT2D eigenvalue weighted by Crippen LogP contribution is 2.23. The summed E-state index contributed by atoms with van der Waals surface area (Å²) in [5.74, 6) is -4.42. The standard InChI is InChI=1S/C12H17F4N3O/c1-11(2,3)18-5-8-4-17-6-9(19-8)20-7-12(15,16)10(13)14/h4,6,10,18H,5,7H2,1-3H3. The molecule has 0 unspecified atom stereocenters. The minimum Gasteiger partial charge on any atom is -0.470 e. The molecule has 1 aromatic rings. The van der Waals surface area contributed by atoms with Gasteiger partial charge in [-0.3, -0.25) is 4.98 Å². The molecule has 1 heterocycles. The second-order valence-corrected chi connectivity index (χ2v) is 5.30. The fraction of sp³-hybridized carbons (Fsp3) is 0.667. The summed E-state index contributed by atoms with van der Waals surface area (Å²) in [6.45, 7) is 4.77. The van der Waals surface area contributed by atoms with Crippen molar-refractivity contribution in [3.63, 3.8) is 0 Å². The minimum atomic E-state index is -4.21. The van der Waals surface area contributed by atoms with Crippen LogP contribution in [0, 0.1) is 0 Å². The average molecular weight is 295 g/mol. The largest absolute Gasteiger partial charge is 0.470 e. The van der Waals surface area contributed by atoms with E-state index in [4.69, 9.17) is 0 Å². The smallest absolute Gasteiger partial charge is 0.340 e. The van der Waals surface area contributed by atoms with Crippen LogP contribution in [0.5, 0.6) is 5.88 Å². The van der Waals surface area contributed by atoms with Gasteiger partial charge in [-0.1, -0.05) is 0 Å². The number of hydrogen-bond donors (Lipinski definition) is 1. The minimum absolute atomic E-state index is 0.152. The lowest BCUT2D eigenvalue weighted by Gasteiger charge is -2.20. The van der Waals surface area contributed by atoms with Crippen LogP contribution in [0.25, 0.3) is 0 Å². The lowest BCUT2D eigenvalue weighted by Crippen LogP contribution is -2.35. The molecule has 0 atom stereocenters. The molecule has 0 bridgehead atoms. The van der Waals surface area contributed by atoms with Crippen molar-refractivity contribution in [1.82, 2.24) is 15.3 Å². The van der Waals surface area contributed by atoms with Gasteiger partial charge < -0.3 is 10.1 Å². The zero-order valence-electron chi connectivity index (χ0n) is 11.5. The molecule has 0 fully saturated rings. The molecule has 1 rings (SSSR count). The number of aromatic nitrogens is 2. The predicted octanol–water partition coefficient (Wildman–Crippen LogP) is 2.64. The number of alkyl halides is 4. The third-order valence-electron chi connectivity index (χ3n) is 2.19. The first kappa shape index (κ1) is 16.6. The van der Waals surface area contributed by atoms with Crippen LogP contribution in [0.15, 0.2) is 12.4 Å². The average Bonchev–Trinajstić information content (AvgIpc) is 2.34. The highest BCUT2D eigenvalue weighted by molar-refractivity contribution is 5.08. The topological polar surface area (TPSA) is 47.0 Å². The van der Waals surface area contributed by atoms with Crippen LogP contribution in [0.3, 0.4) is 0 Å². The van der Waals surface area contributed by atoms with Crippen LogP contribution in [-0.4, -0.2) is 34.5 Å². The fourth-order valence-electron chi connectivity index (χ4n) is 1.13. The molecule has 0 radical (unpaired) electrons. The third kappa shape index (κ3) is 5.68. The van der Waals surface area contributed by atoms with Crippen LogP contribution < -0.4 is 10.1 Å². The molecule has 0 aliphatic carbocycles. The molecule has 4 nitrogen and oxygen atoms in total. The highest BCUT2D eigenvalue weighted by atomic mass is 19.3. The molecule has 0 saturated carbocycles. The zero-order chi connectivity index (χ0) is 15.4. The van der Waals surface area contributed by atoms with E-state index >= 15 is 0 Å². The maximum absolute atomic E-state index is 12.7. The molecule has 0 saturated heterocycles. The van der Waals surface area contributed by atoms with Gasteiger partial charge in [0.15, 0.2) is 6.61 Å². The van der Waals surface area contributed by atoms with E-state index in [-0.39, 0.29) is 11.4 Å². The summed E-state index contributed by atoms with van der Waals surface area (Å²) >= 11 is 0. The van der Waals surface area contributed by atoms with Crippen molar-refractivity contribution in [3.8, 4) is 5.88 Å². The van der Waals surface area contributed by atoms with Crippen molar-refractivity contribution >= 4 is 0 Å². The van der Waals surface area contributed by atoms with Crippen molar-refractivity contribution in [2.24, 2.45) is 0 Å². The second-order valence-electron chi connectivity index (χ2n) is 5.30. The first-order valence-corrected chi connectivity index (χ1v) is 5.95. The fourth-order valence-corrected chi connectivity index (χ4v) is 1.13. The molecular formula is C12H17F4N3O. The van der Waals surface area contributed by atoms with Gasteiger partial charge in [-0.05, 0) is 20.8 Å². The highest BCUT2D eigenvalue weighted by Gasteiger charge is 2.41. The van der Waals surface area contributed by atoms with Gasteiger partial charge in [0.25, 0.3) is 0 Å². The van der Waals surface area contributed by atoms with E-state index in [0.29, 0.717) is 12.2 Å². The number of nitrogens with one attached hydrogen (secondary N) is 1. The summed E-state index contributed by atoms with van der Waals surface area (Å²) in [4.78, 5) is 7.68. The monoisotopic (exact) mass is 295 g/mol. The lowest BCUT2D eigenvalue weighted by atomic mass is 10.1. The molecule has 0 amide bonds. The molecule has 1 N–H and O–H groups in total. The van der Waals surface area contributed by atoms with E-state index in [9.17, 15) is 17.6 Å². The summed E-state index contributed by atoms with van der Waals surface area (Å²) in [6, 6.07) is 0. The molecule has 0 aliphatic rings. The summed E-state index contributed by atoms with van der Waals surface area (Å²) in [6.07, 6.45) is -1.24. The van der Waals surface area contributed by atoms with Gasteiger partial charge in [0.05, 0.1) is 11.9 Å². The first-order chi connectivity index (χ1) is 9.10. The Morgan fingerprint density at radius 1 is 1.25 bits per heavy atom. The molecule has 0 aliphatic heterocycles. The summed E-state index contributed by atoms with van der Waals surface area (Å²) in [7, 11) is 0. The van der Waals surface area contributed by atoms with Gasteiger partial charge in [-0.25, -0.2) is 13.8 Å². The molecule has 8 heteroatoms.